The van der Waals surface area contributed by atoms with E-state index in [4.69, 9.17) is 9.15 Å². The third-order valence-corrected chi connectivity index (χ3v) is 5.22. The SMILES string of the molecule is Cc1[nH]c2ccccc2c1C(=O)COC(=O)c1cc(-c2ccco2)nc2ccccc12. The van der Waals surface area contributed by atoms with Crippen molar-refractivity contribution < 1.29 is 18.7 Å². The molecule has 0 amide bonds. The predicted molar refractivity (Wildman–Crippen MR) is 117 cm³/mol. The summed E-state index contributed by atoms with van der Waals surface area (Å²) in [5, 5.41) is 1.47. The van der Waals surface area contributed by atoms with Gasteiger partial charge in [-0.3, -0.25) is 4.79 Å². The number of aryl methyl sites for hydroxylation is 1. The highest BCUT2D eigenvalue weighted by atomic mass is 16.5. The fourth-order valence-electron chi connectivity index (χ4n) is 3.81. The lowest BCUT2D eigenvalue weighted by molar-refractivity contribution is 0.0477. The predicted octanol–water partition coefficient (Wildman–Crippen LogP) is 5.32. The van der Waals surface area contributed by atoms with Crippen molar-refractivity contribution in [1.29, 1.82) is 0 Å². The second-order valence-corrected chi connectivity index (χ2v) is 7.22. The number of ketones is 1. The number of carbonyl (C=O) groups excluding carboxylic acids is 2. The Balaban J connectivity index is 1.45. The lowest BCUT2D eigenvalue weighted by Crippen LogP contribution is -2.15. The van der Waals surface area contributed by atoms with Crippen LogP contribution in [0.2, 0.25) is 0 Å². The van der Waals surface area contributed by atoms with E-state index >= 15 is 0 Å². The van der Waals surface area contributed by atoms with Gasteiger partial charge in [0.05, 0.1) is 17.3 Å². The Hall–Kier alpha value is -4.19. The first-order valence-electron chi connectivity index (χ1n) is 9.83. The molecule has 6 heteroatoms. The molecule has 152 valence electrons. The average molecular weight is 410 g/mol. The molecule has 0 unspecified atom stereocenters. The van der Waals surface area contributed by atoms with Crippen LogP contribution >= 0.6 is 0 Å². The van der Waals surface area contributed by atoms with Gasteiger partial charge in [-0.25, -0.2) is 9.78 Å². The van der Waals surface area contributed by atoms with Gasteiger partial charge in [-0.15, -0.1) is 0 Å². The monoisotopic (exact) mass is 410 g/mol. The summed E-state index contributed by atoms with van der Waals surface area (Å²) in [5.74, 6) is -0.296. The van der Waals surface area contributed by atoms with Crippen molar-refractivity contribution in [2.45, 2.75) is 6.92 Å². The number of aromatic nitrogens is 2. The molecule has 6 nitrogen and oxygen atoms in total. The number of para-hydroxylation sites is 2. The molecule has 0 saturated heterocycles. The second kappa shape index (κ2) is 7.57. The van der Waals surface area contributed by atoms with Gasteiger partial charge in [0.2, 0.25) is 5.78 Å². The van der Waals surface area contributed by atoms with Gasteiger partial charge in [-0.05, 0) is 37.3 Å². The summed E-state index contributed by atoms with van der Waals surface area (Å²) >= 11 is 0. The minimum atomic E-state index is -0.586. The molecule has 0 atom stereocenters. The van der Waals surface area contributed by atoms with Crippen LogP contribution in [0.5, 0.6) is 0 Å². The standard InChI is InChI=1S/C25H18N2O4/c1-15-24(17-8-3-5-10-20(17)26-15)22(28)14-31-25(29)18-13-21(23-11-6-12-30-23)27-19-9-4-2-7-16(18)19/h2-13,26H,14H2,1H3. The molecule has 3 heterocycles. The minimum absolute atomic E-state index is 0.257. The maximum Gasteiger partial charge on any atom is 0.339 e. The number of H-pyrrole nitrogens is 1. The molecule has 0 aliphatic heterocycles. The van der Waals surface area contributed by atoms with E-state index < -0.39 is 5.97 Å². The summed E-state index contributed by atoms with van der Waals surface area (Å²) in [5.41, 5.74) is 3.66. The van der Waals surface area contributed by atoms with E-state index in [-0.39, 0.29) is 12.4 Å². The van der Waals surface area contributed by atoms with Crippen molar-refractivity contribution in [1.82, 2.24) is 9.97 Å². The number of hydrogen-bond donors (Lipinski definition) is 1. The van der Waals surface area contributed by atoms with Crippen molar-refractivity contribution >= 4 is 33.6 Å². The molecule has 2 aromatic carbocycles. The van der Waals surface area contributed by atoms with Crippen molar-refractivity contribution in [3.63, 3.8) is 0 Å². The van der Waals surface area contributed by atoms with Crippen LogP contribution in [0, 0.1) is 6.92 Å². The zero-order chi connectivity index (χ0) is 21.4. The number of Topliss-reactive ketones (excluding diaryl/α,β-unsaturated/α-hetero) is 1. The van der Waals surface area contributed by atoms with Crippen LogP contribution in [0.15, 0.2) is 77.4 Å². The molecule has 0 aliphatic carbocycles. The first-order valence-corrected chi connectivity index (χ1v) is 9.83. The Kier molecular flexibility index (Phi) is 4.59. The van der Waals surface area contributed by atoms with Gasteiger partial charge in [0.15, 0.2) is 12.4 Å². The Bertz CT molecular complexity index is 1430. The van der Waals surface area contributed by atoms with E-state index in [1.165, 1.54) is 0 Å². The Morgan fingerprint density at radius 2 is 1.77 bits per heavy atom. The summed E-state index contributed by atoms with van der Waals surface area (Å²) in [6.45, 7) is 1.48. The molecule has 0 bridgehead atoms. The molecule has 0 radical (unpaired) electrons. The third-order valence-electron chi connectivity index (χ3n) is 5.22. The maximum absolute atomic E-state index is 13.0. The molecule has 1 N–H and O–H groups in total. The van der Waals surface area contributed by atoms with Crippen LogP contribution in [-0.4, -0.2) is 28.3 Å². The zero-order valence-electron chi connectivity index (χ0n) is 16.7. The highest BCUT2D eigenvalue weighted by Crippen LogP contribution is 2.26. The second-order valence-electron chi connectivity index (χ2n) is 7.22. The molecule has 31 heavy (non-hydrogen) atoms. The number of aromatic amines is 1. The Morgan fingerprint density at radius 3 is 2.58 bits per heavy atom. The summed E-state index contributed by atoms with van der Waals surface area (Å²) in [6.07, 6.45) is 1.55. The lowest BCUT2D eigenvalue weighted by atomic mass is 10.1. The van der Waals surface area contributed by atoms with E-state index in [1.54, 1.807) is 30.5 Å². The molecular formula is C25H18N2O4. The summed E-state index contributed by atoms with van der Waals surface area (Å²) < 4.78 is 10.9. The number of pyridine rings is 1. The number of esters is 1. The number of benzene rings is 2. The van der Waals surface area contributed by atoms with E-state index in [0.29, 0.717) is 33.5 Å². The normalized spacial score (nSPS) is 11.1. The van der Waals surface area contributed by atoms with Crippen LogP contribution in [-0.2, 0) is 4.74 Å². The van der Waals surface area contributed by atoms with Gasteiger partial charge in [-0.1, -0.05) is 36.4 Å². The number of fused-ring (bicyclic) bond motifs is 2. The molecule has 0 spiro atoms. The van der Waals surface area contributed by atoms with Gasteiger partial charge < -0.3 is 14.1 Å². The van der Waals surface area contributed by atoms with Gasteiger partial charge >= 0.3 is 5.97 Å². The molecule has 5 aromatic rings. The minimum Gasteiger partial charge on any atom is -0.463 e. The van der Waals surface area contributed by atoms with E-state index in [1.807, 2.05) is 49.4 Å². The lowest BCUT2D eigenvalue weighted by Gasteiger charge is -2.09. The number of rotatable bonds is 5. The smallest absolute Gasteiger partial charge is 0.339 e. The number of furan rings is 1. The Labute approximate surface area is 177 Å². The number of carbonyl (C=O) groups is 2. The largest absolute Gasteiger partial charge is 0.463 e. The van der Waals surface area contributed by atoms with E-state index in [2.05, 4.69) is 9.97 Å². The molecule has 0 saturated carbocycles. The molecule has 5 rings (SSSR count). The molecule has 3 aromatic heterocycles. The van der Waals surface area contributed by atoms with Crippen molar-refractivity contribution in [2.24, 2.45) is 0 Å². The molecular weight excluding hydrogens is 392 g/mol. The fourth-order valence-corrected chi connectivity index (χ4v) is 3.81. The maximum atomic E-state index is 13.0. The van der Waals surface area contributed by atoms with E-state index in [0.717, 1.165) is 16.6 Å². The highest BCUT2D eigenvalue weighted by Gasteiger charge is 2.20. The van der Waals surface area contributed by atoms with Gasteiger partial charge in [-0.2, -0.15) is 0 Å². The van der Waals surface area contributed by atoms with Crippen LogP contribution < -0.4 is 0 Å². The van der Waals surface area contributed by atoms with Gasteiger partial charge in [0, 0.05) is 27.5 Å². The number of nitrogens with one attached hydrogen (secondary N) is 1. The highest BCUT2D eigenvalue weighted by molar-refractivity contribution is 6.11. The van der Waals surface area contributed by atoms with Gasteiger partial charge in [0.1, 0.15) is 5.69 Å². The average Bonchev–Trinajstić information content (AvgIpc) is 3.44. The molecule has 0 fully saturated rings. The summed E-state index contributed by atoms with van der Waals surface area (Å²) in [4.78, 5) is 33.6. The van der Waals surface area contributed by atoms with Crippen LogP contribution in [0.25, 0.3) is 33.3 Å². The summed E-state index contributed by atoms with van der Waals surface area (Å²) in [7, 11) is 0. The first-order chi connectivity index (χ1) is 15.1. The van der Waals surface area contributed by atoms with Gasteiger partial charge in [0.25, 0.3) is 0 Å². The number of nitrogens with zero attached hydrogens (tertiary/aromatic N) is 1. The van der Waals surface area contributed by atoms with Crippen LogP contribution in [0.4, 0.5) is 0 Å². The quantitative estimate of drug-likeness (QED) is 0.313. The van der Waals surface area contributed by atoms with Crippen molar-refractivity contribution in [3.05, 3.63) is 89.8 Å². The topological polar surface area (TPSA) is 85.2 Å². The first kappa shape index (κ1) is 18.8. The van der Waals surface area contributed by atoms with Crippen LogP contribution in [0.3, 0.4) is 0 Å². The number of hydrogen-bond acceptors (Lipinski definition) is 5. The third kappa shape index (κ3) is 3.38. The Morgan fingerprint density at radius 1 is 1.00 bits per heavy atom. The van der Waals surface area contributed by atoms with Crippen LogP contribution in [0.1, 0.15) is 26.4 Å². The molecule has 0 aliphatic rings. The van der Waals surface area contributed by atoms with Crippen molar-refractivity contribution in [3.8, 4) is 11.5 Å². The van der Waals surface area contributed by atoms with Crippen molar-refractivity contribution in [2.75, 3.05) is 6.61 Å². The zero-order valence-corrected chi connectivity index (χ0v) is 16.7. The number of ether oxygens (including phenoxy) is 1. The van der Waals surface area contributed by atoms with E-state index in [9.17, 15) is 9.59 Å². The fraction of sp³-hybridized carbons (Fsp3) is 0.0800. The summed E-state index contributed by atoms with van der Waals surface area (Å²) in [6, 6.07) is 20.0.